The molecule has 2 fully saturated rings. The van der Waals surface area contributed by atoms with Crippen LogP contribution in [0.15, 0.2) is 12.1 Å². The first kappa shape index (κ1) is 16.2. The molecule has 5 nitrogen and oxygen atoms in total. The van der Waals surface area contributed by atoms with Crippen LogP contribution in [0.5, 0.6) is 11.5 Å². The smallest absolute Gasteiger partial charge is 0.231 e. The topological polar surface area (TPSA) is 45.2 Å². The summed E-state index contributed by atoms with van der Waals surface area (Å²) >= 11 is 0. The summed E-state index contributed by atoms with van der Waals surface area (Å²) in [5.74, 6) is 2.71. The third-order valence-corrected chi connectivity index (χ3v) is 5.80. The first-order valence-electron chi connectivity index (χ1n) is 9.17. The lowest BCUT2D eigenvalue weighted by Gasteiger charge is -2.23. The summed E-state index contributed by atoms with van der Waals surface area (Å²) in [5, 5.41) is 9.79. The maximum Gasteiger partial charge on any atom is 0.231 e. The minimum Gasteiger partial charge on any atom is -0.454 e. The van der Waals surface area contributed by atoms with Crippen LogP contribution in [-0.2, 0) is 6.54 Å². The zero-order chi connectivity index (χ0) is 16.5. The van der Waals surface area contributed by atoms with E-state index in [1.54, 1.807) is 0 Å². The lowest BCUT2D eigenvalue weighted by atomic mass is 9.96. The Hall–Kier alpha value is -1.30. The number of aliphatic hydroxyl groups is 1. The number of nitrogens with zero attached hydrogens (tertiary/aromatic N) is 2. The molecule has 3 aliphatic rings. The van der Waals surface area contributed by atoms with Gasteiger partial charge in [-0.2, -0.15) is 0 Å². The summed E-state index contributed by atoms with van der Waals surface area (Å²) < 4.78 is 11.0. The van der Waals surface area contributed by atoms with Gasteiger partial charge in [-0.15, -0.1) is 0 Å². The molecular formula is C19H28N2O3. The molecule has 0 aliphatic carbocycles. The van der Waals surface area contributed by atoms with E-state index in [1.165, 1.54) is 37.1 Å². The molecule has 24 heavy (non-hydrogen) atoms. The van der Waals surface area contributed by atoms with Gasteiger partial charge in [0.15, 0.2) is 11.5 Å². The first-order valence-corrected chi connectivity index (χ1v) is 9.17. The van der Waals surface area contributed by atoms with Gasteiger partial charge in [-0.3, -0.25) is 4.90 Å². The molecule has 1 aromatic carbocycles. The molecule has 1 N–H and O–H groups in total. The van der Waals surface area contributed by atoms with Crippen molar-refractivity contribution in [1.82, 2.24) is 9.80 Å². The van der Waals surface area contributed by atoms with Gasteiger partial charge in [0.2, 0.25) is 6.79 Å². The predicted molar refractivity (Wildman–Crippen MR) is 92.3 cm³/mol. The minimum atomic E-state index is 0.301. The van der Waals surface area contributed by atoms with Crippen LogP contribution >= 0.6 is 0 Å². The van der Waals surface area contributed by atoms with E-state index in [1.807, 2.05) is 0 Å². The third kappa shape index (κ3) is 3.25. The fraction of sp³-hybridized carbons (Fsp3) is 0.684. The lowest BCUT2D eigenvalue weighted by molar-refractivity contribution is 0.173. The molecule has 1 aromatic rings. The number of fused-ring (bicyclic) bond motifs is 1. The highest BCUT2D eigenvalue weighted by Gasteiger charge is 2.34. The number of hydrogen-bond donors (Lipinski definition) is 1. The Morgan fingerprint density at radius 1 is 1.04 bits per heavy atom. The van der Waals surface area contributed by atoms with E-state index in [4.69, 9.17) is 9.47 Å². The van der Waals surface area contributed by atoms with Gasteiger partial charge >= 0.3 is 0 Å². The highest BCUT2D eigenvalue weighted by Crippen LogP contribution is 2.36. The molecule has 0 spiro atoms. The Labute approximate surface area is 144 Å². The quantitative estimate of drug-likeness (QED) is 0.892. The lowest BCUT2D eigenvalue weighted by Crippen LogP contribution is -2.31. The number of aliphatic hydroxyl groups excluding tert-OH is 1. The zero-order valence-electron chi connectivity index (χ0n) is 14.5. The van der Waals surface area contributed by atoms with Crippen molar-refractivity contribution >= 4 is 0 Å². The van der Waals surface area contributed by atoms with Crippen LogP contribution in [0.25, 0.3) is 0 Å². The van der Waals surface area contributed by atoms with Crippen molar-refractivity contribution in [2.24, 2.45) is 11.8 Å². The summed E-state index contributed by atoms with van der Waals surface area (Å²) in [7, 11) is 0. The van der Waals surface area contributed by atoms with E-state index in [0.29, 0.717) is 25.2 Å². The average Bonchev–Trinajstić information content (AvgIpc) is 3.29. The molecular weight excluding hydrogens is 304 g/mol. The number of aryl methyl sites for hydroxylation is 1. The largest absolute Gasteiger partial charge is 0.454 e. The standard InChI is InChI=1S/C19H28N2O3/c1-14-6-18-19(24-13-23-18)7-15(14)8-21-10-16(17(11-21)12-22)9-20-4-2-3-5-20/h6-7,16-17,22H,2-5,8-13H2,1H3/t16-,17-/m1/s1. The summed E-state index contributed by atoms with van der Waals surface area (Å²) in [5.41, 5.74) is 2.56. The van der Waals surface area contributed by atoms with E-state index in [2.05, 4.69) is 28.9 Å². The van der Waals surface area contributed by atoms with Crippen molar-refractivity contribution in [3.8, 4) is 11.5 Å². The minimum absolute atomic E-state index is 0.301. The summed E-state index contributed by atoms with van der Waals surface area (Å²) in [6.45, 7) is 9.36. The fourth-order valence-electron chi connectivity index (χ4n) is 4.37. The molecule has 0 aromatic heterocycles. The molecule has 0 unspecified atom stereocenters. The molecule has 0 saturated carbocycles. The fourth-order valence-corrected chi connectivity index (χ4v) is 4.37. The van der Waals surface area contributed by atoms with Crippen LogP contribution in [0, 0.1) is 18.8 Å². The average molecular weight is 332 g/mol. The summed E-state index contributed by atoms with van der Waals surface area (Å²) in [6.07, 6.45) is 2.66. The molecule has 2 atom stereocenters. The van der Waals surface area contributed by atoms with Crippen LogP contribution in [0.1, 0.15) is 24.0 Å². The van der Waals surface area contributed by atoms with Crippen molar-refractivity contribution in [3.05, 3.63) is 23.3 Å². The molecule has 0 bridgehead atoms. The van der Waals surface area contributed by atoms with Crippen molar-refractivity contribution in [2.45, 2.75) is 26.3 Å². The van der Waals surface area contributed by atoms with Crippen molar-refractivity contribution in [2.75, 3.05) is 46.1 Å². The SMILES string of the molecule is Cc1cc2c(cc1CN1C[C@@H](CN3CCCC3)[C@@H](CO)C1)OCO2. The molecule has 0 radical (unpaired) electrons. The first-order chi connectivity index (χ1) is 11.7. The van der Waals surface area contributed by atoms with Crippen molar-refractivity contribution < 1.29 is 14.6 Å². The molecule has 0 amide bonds. The van der Waals surface area contributed by atoms with Gasteiger partial charge < -0.3 is 19.5 Å². The normalized spacial score (nSPS) is 27.2. The zero-order valence-corrected chi connectivity index (χ0v) is 14.5. The Morgan fingerprint density at radius 3 is 2.50 bits per heavy atom. The van der Waals surface area contributed by atoms with Gasteiger partial charge in [0.05, 0.1) is 0 Å². The second kappa shape index (κ2) is 6.90. The van der Waals surface area contributed by atoms with Gasteiger partial charge in [-0.25, -0.2) is 0 Å². The number of ether oxygens (including phenoxy) is 2. The van der Waals surface area contributed by atoms with E-state index in [-0.39, 0.29) is 0 Å². The van der Waals surface area contributed by atoms with E-state index >= 15 is 0 Å². The van der Waals surface area contributed by atoms with Gasteiger partial charge in [0.1, 0.15) is 0 Å². The Kier molecular flexibility index (Phi) is 4.66. The molecule has 5 heteroatoms. The molecule has 3 heterocycles. The summed E-state index contributed by atoms with van der Waals surface area (Å²) in [6, 6.07) is 4.21. The highest BCUT2D eigenvalue weighted by atomic mass is 16.7. The molecule has 3 aliphatic heterocycles. The van der Waals surface area contributed by atoms with Crippen LogP contribution < -0.4 is 9.47 Å². The predicted octanol–water partition coefficient (Wildman–Crippen LogP) is 1.86. The number of benzene rings is 1. The Balaban J connectivity index is 1.41. The van der Waals surface area contributed by atoms with Crippen molar-refractivity contribution in [1.29, 1.82) is 0 Å². The van der Waals surface area contributed by atoms with Crippen LogP contribution in [0.3, 0.4) is 0 Å². The molecule has 132 valence electrons. The van der Waals surface area contributed by atoms with E-state index in [9.17, 15) is 5.11 Å². The maximum absolute atomic E-state index is 9.79. The number of likely N-dealkylation sites (tertiary alicyclic amines) is 2. The monoisotopic (exact) mass is 332 g/mol. The summed E-state index contributed by atoms with van der Waals surface area (Å²) in [4.78, 5) is 5.06. The number of hydrogen-bond acceptors (Lipinski definition) is 5. The van der Waals surface area contributed by atoms with Gasteiger partial charge in [0.25, 0.3) is 0 Å². The van der Waals surface area contributed by atoms with Gasteiger partial charge in [-0.05, 0) is 68.0 Å². The Morgan fingerprint density at radius 2 is 1.75 bits per heavy atom. The highest BCUT2D eigenvalue weighted by molar-refractivity contribution is 5.48. The van der Waals surface area contributed by atoms with Crippen molar-refractivity contribution in [3.63, 3.8) is 0 Å². The second-order valence-electron chi connectivity index (χ2n) is 7.54. The van der Waals surface area contributed by atoms with E-state index < -0.39 is 0 Å². The van der Waals surface area contributed by atoms with Crippen LogP contribution in [0.4, 0.5) is 0 Å². The van der Waals surface area contributed by atoms with E-state index in [0.717, 1.165) is 37.7 Å². The van der Waals surface area contributed by atoms with Crippen LogP contribution in [0.2, 0.25) is 0 Å². The third-order valence-electron chi connectivity index (χ3n) is 5.80. The maximum atomic E-state index is 9.79. The number of rotatable bonds is 5. The second-order valence-corrected chi connectivity index (χ2v) is 7.54. The van der Waals surface area contributed by atoms with Gasteiger partial charge in [-0.1, -0.05) is 0 Å². The van der Waals surface area contributed by atoms with Crippen LogP contribution in [-0.4, -0.2) is 61.0 Å². The molecule has 2 saturated heterocycles. The Bertz CT molecular complexity index is 586. The molecule has 4 rings (SSSR count). The van der Waals surface area contributed by atoms with Gasteiger partial charge in [0, 0.05) is 32.8 Å².